The molecule has 1 aliphatic carbocycles. The number of hydrogen-bond acceptors (Lipinski definition) is 5. The molecule has 2 aromatic rings. The van der Waals surface area contributed by atoms with Gasteiger partial charge in [-0.3, -0.25) is 14.3 Å². The van der Waals surface area contributed by atoms with Gasteiger partial charge in [-0.05, 0) is 37.5 Å². The highest BCUT2D eigenvalue weighted by Gasteiger charge is 2.48. The van der Waals surface area contributed by atoms with Crippen molar-refractivity contribution in [2.75, 3.05) is 7.11 Å². The van der Waals surface area contributed by atoms with Crippen LogP contribution in [0, 0.1) is 0 Å². The molecule has 1 fully saturated rings. The number of nitrogens with one attached hydrogen (secondary N) is 1. The summed E-state index contributed by atoms with van der Waals surface area (Å²) in [6.07, 6.45) is 5.22. The molecule has 2 aliphatic rings. The SMILES string of the molecule is COC(=O)c1cc2n(n1)C[C@@](C)(C(=O)NC1CCCCC1)N(Cc1ccc(Cl)cc1)C2=O. The molecule has 8 nitrogen and oxygen atoms in total. The average molecular weight is 459 g/mol. The van der Waals surface area contributed by atoms with Crippen LogP contribution in [0.5, 0.6) is 0 Å². The summed E-state index contributed by atoms with van der Waals surface area (Å²) in [6.45, 7) is 2.11. The lowest BCUT2D eigenvalue weighted by Crippen LogP contribution is -2.64. The summed E-state index contributed by atoms with van der Waals surface area (Å²) < 4.78 is 6.19. The van der Waals surface area contributed by atoms with Crippen molar-refractivity contribution in [3.8, 4) is 0 Å². The van der Waals surface area contributed by atoms with Crippen LogP contribution in [0.15, 0.2) is 30.3 Å². The lowest BCUT2D eigenvalue weighted by Gasteiger charge is -2.44. The molecule has 1 aromatic carbocycles. The van der Waals surface area contributed by atoms with Gasteiger partial charge in [0.15, 0.2) is 5.69 Å². The zero-order valence-electron chi connectivity index (χ0n) is 18.3. The molecule has 32 heavy (non-hydrogen) atoms. The molecule has 1 N–H and O–H groups in total. The van der Waals surface area contributed by atoms with Crippen molar-refractivity contribution in [3.63, 3.8) is 0 Å². The molecule has 0 unspecified atom stereocenters. The van der Waals surface area contributed by atoms with Crippen molar-refractivity contribution in [2.45, 2.75) is 63.7 Å². The number of aromatic nitrogens is 2. The van der Waals surface area contributed by atoms with Crippen LogP contribution in [0.4, 0.5) is 0 Å². The van der Waals surface area contributed by atoms with Gasteiger partial charge in [0.2, 0.25) is 5.91 Å². The molecule has 0 spiro atoms. The molecule has 170 valence electrons. The first-order valence-electron chi connectivity index (χ1n) is 10.9. The van der Waals surface area contributed by atoms with Gasteiger partial charge in [-0.1, -0.05) is 43.0 Å². The van der Waals surface area contributed by atoms with E-state index in [9.17, 15) is 14.4 Å². The highest BCUT2D eigenvalue weighted by Crippen LogP contribution is 2.30. The highest BCUT2D eigenvalue weighted by atomic mass is 35.5. The Morgan fingerprint density at radius 3 is 2.56 bits per heavy atom. The van der Waals surface area contributed by atoms with Gasteiger partial charge in [-0.2, -0.15) is 5.10 Å². The summed E-state index contributed by atoms with van der Waals surface area (Å²) >= 11 is 6.01. The second kappa shape index (κ2) is 8.94. The number of fused-ring (bicyclic) bond motifs is 1. The van der Waals surface area contributed by atoms with Crippen LogP contribution < -0.4 is 5.32 Å². The number of carbonyl (C=O) groups is 3. The number of carbonyl (C=O) groups excluding carboxylic acids is 3. The van der Waals surface area contributed by atoms with Gasteiger partial charge in [-0.25, -0.2) is 4.79 Å². The summed E-state index contributed by atoms with van der Waals surface area (Å²) in [5.74, 6) is -1.21. The van der Waals surface area contributed by atoms with Crippen LogP contribution in [-0.4, -0.2) is 51.2 Å². The van der Waals surface area contributed by atoms with E-state index in [4.69, 9.17) is 16.3 Å². The monoisotopic (exact) mass is 458 g/mol. The standard InChI is InChI=1S/C23H27ClN4O4/c1-23(22(31)25-17-6-4-3-5-7-17)14-28-19(12-18(26-28)21(30)32-2)20(29)27(23)13-15-8-10-16(24)11-9-15/h8-12,17H,3-7,13-14H2,1-2H3,(H,25,31)/t23-/m0/s1. The van der Waals surface area contributed by atoms with E-state index in [1.165, 1.54) is 24.3 Å². The zero-order valence-corrected chi connectivity index (χ0v) is 19.0. The van der Waals surface area contributed by atoms with Crippen LogP contribution in [-0.2, 0) is 22.6 Å². The fourth-order valence-corrected chi connectivity index (χ4v) is 4.58. The number of rotatable bonds is 5. The van der Waals surface area contributed by atoms with E-state index in [1.807, 2.05) is 12.1 Å². The number of hydrogen-bond donors (Lipinski definition) is 1. The topological polar surface area (TPSA) is 93.5 Å². The smallest absolute Gasteiger partial charge is 0.358 e. The van der Waals surface area contributed by atoms with E-state index in [-0.39, 0.29) is 42.3 Å². The first-order valence-corrected chi connectivity index (χ1v) is 11.2. The van der Waals surface area contributed by atoms with Crippen molar-refractivity contribution in [2.24, 2.45) is 0 Å². The second-order valence-corrected chi connectivity index (χ2v) is 9.10. The molecule has 4 rings (SSSR count). The predicted molar refractivity (Wildman–Crippen MR) is 118 cm³/mol. The van der Waals surface area contributed by atoms with Gasteiger partial charge >= 0.3 is 5.97 Å². The quantitative estimate of drug-likeness (QED) is 0.694. The predicted octanol–water partition coefficient (Wildman–Crippen LogP) is 3.19. The van der Waals surface area contributed by atoms with E-state index in [0.717, 1.165) is 31.2 Å². The second-order valence-electron chi connectivity index (χ2n) is 8.66. The largest absolute Gasteiger partial charge is 0.464 e. The number of ether oxygens (including phenoxy) is 1. The van der Waals surface area contributed by atoms with Crippen molar-refractivity contribution in [1.29, 1.82) is 0 Å². The minimum Gasteiger partial charge on any atom is -0.464 e. The summed E-state index contributed by atoms with van der Waals surface area (Å²) in [5, 5.41) is 8.00. The third-order valence-electron chi connectivity index (χ3n) is 6.38. The molecule has 1 aliphatic heterocycles. The summed E-state index contributed by atoms with van der Waals surface area (Å²) in [6, 6.07) is 8.70. The first kappa shape index (κ1) is 22.3. The van der Waals surface area contributed by atoms with Crippen LogP contribution in [0.1, 0.15) is 65.6 Å². The summed E-state index contributed by atoms with van der Waals surface area (Å²) in [5.41, 5.74) is -0.0391. The minimum absolute atomic E-state index is 0.0410. The first-order chi connectivity index (χ1) is 15.3. The van der Waals surface area contributed by atoms with Gasteiger partial charge in [-0.15, -0.1) is 0 Å². The molecule has 1 aromatic heterocycles. The van der Waals surface area contributed by atoms with Gasteiger partial charge in [0.1, 0.15) is 11.2 Å². The molecular weight excluding hydrogens is 432 g/mol. The molecule has 2 amide bonds. The normalized spacial score (nSPS) is 21.2. The third-order valence-corrected chi connectivity index (χ3v) is 6.63. The fourth-order valence-electron chi connectivity index (χ4n) is 4.45. The average Bonchev–Trinajstić information content (AvgIpc) is 3.22. The fraction of sp³-hybridized carbons (Fsp3) is 0.478. The van der Waals surface area contributed by atoms with Crippen molar-refractivity contribution in [3.05, 3.63) is 52.3 Å². The van der Waals surface area contributed by atoms with Crippen LogP contribution in [0.2, 0.25) is 5.02 Å². The Hall–Kier alpha value is -2.87. The van der Waals surface area contributed by atoms with Crippen molar-refractivity contribution >= 4 is 29.4 Å². The zero-order chi connectivity index (χ0) is 22.9. The summed E-state index contributed by atoms with van der Waals surface area (Å²) in [7, 11) is 1.26. The molecule has 1 atom stereocenters. The Morgan fingerprint density at radius 2 is 1.91 bits per heavy atom. The van der Waals surface area contributed by atoms with E-state index < -0.39 is 11.5 Å². The van der Waals surface area contributed by atoms with Gasteiger partial charge in [0, 0.05) is 23.7 Å². The Morgan fingerprint density at radius 1 is 1.22 bits per heavy atom. The lowest BCUT2D eigenvalue weighted by molar-refractivity contribution is -0.134. The Labute approximate surface area is 191 Å². The maximum absolute atomic E-state index is 13.5. The molecule has 0 radical (unpaired) electrons. The highest BCUT2D eigenvalue weighted by molar-refractivity contribution is 6.30. The minimum atomic E-state index is -1.18. The number of methoxy groups -OCH3 is 1. The Kier molecular flexibility index (Phi) is 6.24. The number of nitrogens with zero attached hydrogens (tertiary/aromatic N) is 3. The Bertz CT molecular complexity index is 1030. The molecule has 0 bridgehead atoms. The molecule has 0 saturated heterocycles. The van der Waals surface area contributed by atoms with Crippen molar-refractivity contribution in [1.82, 2.24) is 20.0 Å². The molecule has 1 saturated carbocycles. The van der Waals surface area contributed by atoms with E-state index >= 15 is 0 Å². The van der Waals surface area contributed by atoms with Crippen LogP contribution >= 0.6 is 11.6 Å². The van der Waals surface area contributed by atoms with Crippen molar-refractivity contribution < 1.29 is 19.1 Å². The van der Waals surface area contributed by atoms with Gasteiger partial charge in [0.25, 0.3) is 5.91 Å². The molecule has 9 heteroatoms. The van der Waals surface area contributed by atoms with Gasteiger partial charge in [0.05, 0.1) is 13.7 Å². The maximum atomic E-state index is 13.5. The van der Waals surface area contributed by atoms with Crippen LogP contribution in [0.3, 0.4) is 0 Å². The van der Waals surface area contributed by atoms with E-state index in [0.29, 0.717) is 5.02 Å². The Balaban J connectivity index is 1.69. The third kappa shape index (κ3) is 4.24. The number of esters is 1. The number of benzene rings is 1. The lowest BCUT2D eigenvalue weighted by atomic mass is 9.91. The van der Waals surface area contributed by atoms with E-state index in [1.54, 1.807) is 24.0 Å². The maximum Gasteiger partial charge on any atom is 0.358 e. The molecule has 2 heterocycles. The van der Waals surface area contributed by atoms with E-state index in [2.05, 4.69) is 10.4 Å². The van der Waals surface area contributed by atoms with Gasteiger partial charge < -0.3 is 15.0 Å². The summed E-state index contributed by atoms with van der Waals surface area (Å²) in [4.78, 5) is 40.6. The number of halogens is 1. The number of amides is 2. The van der Waals surface area contributed by atoms with Crippen LogP contribution in [0.25, 0.3) is 0 Å². The molecular formula is C23H27ClN4O4.